The van der Waals surface area contributed by atoms with E-state index in [1.165, 1.54) is 18.4 Å². The molecule has 4 rings (SSSR count). The lowest BCUT2D eigenvalue weighted by molar-refractivity contribution is -0.129. The van der Waals surface area contributed by atoms with Crippen molar-refractivity contribution in [3.05, 3.63) is 87.4 Å². The van der Waals surface area contributed by atoms with E-state index in [0.717, 1.165) is 0 Å². The molecular weight excluding hydrogens is 452 g/mol. The monoisotopic (exact) mass is 466 g/mol. The molecule has 0 saturated carbocycles. The molecule has 0 N–H and O–H groups in total. The zero-order chi connectivity index (χ0) is 21.1. The molecule has 2 heterocycles. The minimum atomic E-state index is -0.734. The van der Waals surface area contributed by atoms with Crippen LogP contribution in [0.4, 0.5) is 0 Å². The third-order valence-corrected chi connectivity index (χ3v) is 4.92. The maximum absolute atomic E-state index is 13.1. The average Bonchev–Trinajstić information content (AvgIpc) is 3.28. The number of ether oxygens (including phenoxy) is 2. The number of carbonyl (C=O) groups is 1. The van der Waals surface area contributed by atoms with E-state index in [2.05, 4.69) is 15.9 Å². The number of benzene rings is 2. The quantitative estimate of drug-likeness (QED) is 0.287. The largest absolute Gasteiger partial charge is 0.496 e. The van der Waals surface area contributed by atoms with Gasteiger partial charge in [-0.05, 0) is 64.5 Å². The predicted molar refractivity (Wildman–Crippen MR) is 116 cm³/mol. The fraction of sp³-hybridized carbons (Fsp3) is 0.0435. The van der Waals surface area contributed by atoms with Crippen molar-refractivity contribution in [3.63, 3.8) is 0 Å². The summed E-state index contributed by atoms with van der Waals surface area (Å²) >= 11 is 3.42. The smallest absolute Gasteiger partial charge is 0.336 e. The highest BCUT2D eigenvalue weighted by molar-refractivity contribution is 9.10. The van der Waals surface area contributed by atoms with Crippen LogP contribution in [-0.2, 0) is 4.79 Å². The predicted octanol–water partition coefficient (Wildman–Crippen LogP) is 5.44. The van der Waals surface area contributed by atoms with Crippen LogP contribution in [0.5, 0.6) is 11.5 Å². The van der Waals surface area contributed by atoms with Crippen LogP contribution in [0.15, 0.2) is 85.0 Å². The zero-order valence-electron chi connectivity index (χ0n) is 15.8. The molecule has 0 aliphatic heterocycles. The van der Waals surface area contributed by atoms with Crippen LogP contribution in [0.2, 0.25) is 0 Å². The van der Waals surface area contributed by atoms with E-state index in [1.54, 1.807) is 61.7 Å². The highest BCUT2D eigenvalue weighted by atomic mass is 79.9. The molecule has 0 atom stereocenters. The highest BCUT2D eigenvalue weighted by Crippen LogP contribution is 2.35. The molecule has 0 unspecified atom stereocenters. The first-order valence-electron chi connectivity index (χ1n) is 8.90. The van der Waals surface area contributed by atoms with Crippen LogP contribution in [0, 0.1) is 0 Å². The molecular formula is C23H15BrO6. The molecule has 0 aliphatic carbocycles. The summed E-state index contributed by atoms with van der Waals surface area (Å²) in [5.41, 5.74) is 0.484. The average molecular weight is 467 g/mol. The lowest BCUT2D eigenvalue weighted by atomic mass is 10.1. The summed E-state index contributed by atoms with van der Waals surface area (Å²) in [6.45, 7) is 0. The standard InChI is InChI=1S/C23H15BrO6/c1-27-19-10-8-14(13-17(19)24)22-23(21(26)16-6-2-3-7-18(16)29-22)30-20(25)11-9-15-5-4-12-28-15/h2-13H,1H3/b11-9+. The Morgan fingerprint density at radius 3 is 2.67 bits per heavy atom. The number of furan rings is 1. The normalized spacial score (nSPS) is 11.1. The molecule has 0 bridgehead atoms. The molecule has 0 aliphatic rings. The molecule has 2 aromatic heterocycles. The van der Waals surface area contributed by atoms with Gasteiger partial charge in [0.2, 0.25) is 11.2 Å². The van der Waals surface area contributed by atoms with Gasteiger partial charge in [0.05, 0.1) is 23.2 Å². The van der Waals surface area contributed by atoms with E-state index in [0.29, 0.717) is 32.5 Å². The van der Waals surface area contributed by atoms with Gasteiger partial charge in [0, 0.05) is 11.6 Å². The summed E-state index contributed by atoms with van der Waals surface area (Å²) in [5.74, 6) is 0.308. The van der Waals surface area contributed by atoms with Crippen LogP contribution in [-0.4, -0.2) is 13.1 Å². The zero-order valence-corrected chi connectivity index (χ0v) is 17.3. The molecule has 7 heteroatoms. The van der Waals surface area contributed by atoms with Gasteiger partial charge in [-0.25, -0.2) is 4.79 Å². The summed E-state index contributed by atoms with van der Waals surface area (Å²) in [7, 11) is 1.55. The molecule has 0 fully saturated rings. The van der Waals surface area contributed by atoms with Gasteiger partial charge in [-0.2, -0.15) is 0 Å². The van der Waals surface area contributed by atoms with Gasteiger partial charge in [-0.15, -0.1) is 0 Å². The number of fused-ring (bicyclic) bond motifs is 1. The van der Waals surface area contributed by atoms with Crippen molar-refractivity contribution in [2.45, 2.75) is 0 Å². The van der Waals surface area contributed by atoms with Crippen molar-refractivity contribution in [3.8, 4) is 22.8 Å². The number of hydrogen-bond donors (Lipinski definition) is 0. The maximum Gasteiger partial charge on any atom is 0.336 e. The molecule has 0 amide bonds. The van der Waals surface area contributed by atoms with Gasteiger partial charge < -0.3 is 18.3 Å². The number of rotatable bonds is 5. The lowest BCUT2D eigenvalue weighted by Gasteiger charge is -2.11. The van der Waals surface area contributed by atoms with E-state index >= 15 is 0 Å². The highest BCUT2D eigenvalue weighted by Gasteiger charge is 2.20. The number of esters is 1. The number of carbonyl (C=O) groups excluding carboxylic acids is 1. The molecule has 150 valence electrons. The fourth-order valence-electron chi connectivity index (χ4n) is 2.89. The topological polar surface area (TPSA) is 78.9 Å². The Labute approximate surface area is 179 Å². The molecule has 0 spiro atoms. The van der Waals surface area contributed by atoms with Gasteiger partial charge in [-0.3, -0.25) is 4.79 Å². The second-order valence-corrected chi connectivity index (χ2v) is 7.06. The van der Waals surface area contributed by atoms with Gasteiger partial charge in [0.25, 0.3) is 0 Å². The Bertz CT molecular complexity index is 1300. The molecule has 0 radical (unpaired) electrons. The van der Waals surface area contributed by atoms with Crippen LogP contribution in [0.3, 0.4) is 0 Å². The number of hydrogen-bond acceptors (Lipinski definition) is 6. The van der Waals surface area contributed by atoms with Crippen molar-refractivity contribution in [2.24, 2.45) is 0 Å². The van der Waals surface area contributed by atoms with Crippen molar-refractivity contribution in [1.82, 2.24) is 0 Å². The second-order valence-electron chi connectivity index (χ2n) is 6.20. The van der Waals surface area contributed by atoms with E-state index in [1.807, 2.05) is 0 Å². The van der Waals surface area contributed by atoms with Gasteiger partial charge in [0.1, 0.15) is 17.1 Å². The summed E-state index contributed by atoms with van der Waals surface area (Å²) in [5, 5.41) is 0.312. The second kappa shape index (κ2) is 8.42. The SMILES string of the molecule is COc1ccc(-c2oc3ccccc3c(=O)c2OC(=O)/C=C/c2ccco2)cc1Br. The molecule has 4 aromatic rings. The van der Waals surface area contributed by atoms with Crippen LogP contribution < -0.4 is 14.9 Å². The first-order chi connectivity index (χ1) is 14.6. The lowest BCUT2D eigenvalue weighted by Crippen LogP contribution is -2.14. The van der Waals surface area contributed by atoms with E-state index in [4.69, 9.17) is 18.3 Å². The maximum atomic E-state index is 13.1. The Kier molecular flexibility index (Phi) is 5.54. The van der Waals surface area contributed by atoms with Crippen molar-refractivity contribution in [2.75, 3.05) is 7.11 Å². The van der Waals surface area contributed by atoms with Gasteiger partial charge in [-0.1, -0.05) is 12.1 Å². The van der Waals surface area contributed by atoms with Crippen molar-refractivity contribution < 1.29 is 23.1 Å². The van der Waals surface area contributed by atoms with Crippen LogP contribution in [0.25, 0.3) is 28.4 Å². The minimum Gasteiger partial charge on any atom is -0.496 e. The van der Waals surface area contributed by atoms with E-state index < -0.39 is 11.4 Å². The summed E-state index contributed by atoms with van der Waals surface area (Å²) in [6, 6.07) is 15.3. The van der Waals surface area contributed by atoms with Crippen LogP contribution in [0.1, 0.15) is 5.76 Å². The van der Waals surface area contributed by atoms with Gasteiger partial charge >= 0.3 is 5.97 Å². The fourth-order valence-corrected chi connectivity index (χ4v) is 3.43. The van der Waals surface area contributed by atoms with E-state index in [9.17, 15) is 9.59 Å². The summed E-state index contributed by atoms with van der Waals surface area (Å²) < 4.78 is 22.4. The Morgan fingerprint density at radius 2 is 1.93 bits per heavy atom. The first kappa shape index (κ1) is 19.7. The number of halogens is 1. The Morgan fingerprint density at radius 1 is 1.10 bits per heavy atom. The number of para-hydroxylation sites is 1. The summed E-state index contributed by atoms with van der Waals surface area (Å²) in [6.07, 6.45) is 4.12. The Balaban J connectivity index is 1.81. The third kappa shape index (κ3) is 3.92. The van der Waals surface area contributed by atoms with Crippen molar-refractivity contribution in [1.29, 1.82) is 0 Å². The molecule has 0 saturated heterocycles. The third-order valence-electron chi connectivity index (χ3n) is 4.30. The van der Waals surface area contributed by atoms with Gasteiger partial charge in [0.15, 0.2) is 5.76 Å². The summed E-state index contributed by atoms with van der Waals surface area (Å²) in [4.78, 5) is 25.5. The molecule has 30 heavy (non-hydrogen) atoms. The first-order valence-corrected chi connectivity index (χ1v) is 9.69. The van der Waals surface area contributed by atoms with Crippen LogP contribution >= 0.6 is 15.9 Å². The molecule has 6 nitrogen and oxygen atoms in total. The van der Waals surface area contributed by atoms with E-state index in [-0.39, 0.29) is 11.5 Å². The number of methoxy groups -OCH3 is 1. The minimum absolute atomic E-state index is 0.141. The molecule has 2 aromatic carbocycles. The Hall–Kier alpha value is -3.58. The van der Waals surface area contributed by atoms with Crippen molar-refractivity contribution >= 4 is 38.9 Å².